The third-order valence-corrected chi connectivity index (χ3v) is 5.75. The highest BCUT2D eigenvalue weighted by Gasteiger charge is 2.18. The number of halogens is 2. The van der Waals surface area contributed by atoms with E-state index in [0.29, 0.717) is 33.3 Å². The summed E-state index contributed by atoms with van der Waals surface area (Å²) in [5, 5.41) is 12.8. The van der Waals surface area contributed by atoms with Gasteiger partial charge in [0.05, 0.1) is 34.3 Å². The molecule has 3 aromatic heterocycles. The van der Waals surface area contributed by atoms with E-state index in [-0.39, 0.29) is 11.7 Å². The topological polar surface area (TPSA) is 85.8 Å². The van der Waals surface area contributed by atoms with E-state index >= 15 is 0 Å². The van der Waals surface area contributed by atoms with Crippen LogP contribution in [0.25, 0.3) is 17.1 Å². The lowest BCUT2D eigenvalue weighted by Crippen LogP contribution is -2.24. The first-order valence-corrected chi connectivity index (χ1v) is 10.6. The minimum absolute atomic E-state index is 0.150. The highest BCUT2D eigenvalue weighted by Crippen LogP contribution is 2.31. The van der Waals surface area contributed by atoms with Crippen molar-refractivity contribution in [2.75, 3.05) is 5.75 Å². The average molecular weight is 460 g/mol. The third-order valence-electron chi connectivity index (χ3n) is 4.09. The first kappa shape index (κ1) is 20.5. The number of nitrogens with zero attached hydrogens (tertiary/aromatic N) is 4. The van der Waals surface area contributed by atoms with E-state index in [9.17, 15) is 4.79 Å². The Labute approximate surface area is 186 Å². The van der Waals surface area contributed by atoms with Crippen molar-refractivity contribution in [2.24, 2.45) is 0 Å². The Morgan fingerprint density at radius 1 is 1.13 bits per heavy atom. The number of aromatic nitrogens is 4. The molecule has 3 heterocycles. The molecular formula is C20H15Cl2N5O2S. The van der Waals surface area contributed by atoms with Gasteiger partial charge in [-0.05, 0) is 42.5 Å². The van der Waals surface area contributed by atoms with Crippen molar-refractivity contribution in [2.45, 2.75) is 11.7 Å². The fourth-order valence-electron chi connectivity index (χ4n) is 2.68. The number of carbonyl (C=O) groups is 1. The number of hydrogen-bond donors (Lipinski definition) is 1. The van der Waals surface area contributed by atoms with Crippen LogP contribution < -0.4 is 5.32 Å². The predicted molar refractivity (Wildman–Crippen MR) is 116 cm³/mol. The van der Waals surface area contributed by atoms with Gasteiger partial charge in [0, 0.05) is 18.0 Å². The molecule has 0 atom stereocenters. The quantitative estimate of drug-likeness (QED) is 0.405. The van der Waals surface area contributed by atoms with Gasteiger partial charge in [0.15, 0.2) is 11.0 Å². The van der Waals surface area contributed by atoms with E-state index in [1.165, 1.54) is 11.8 Å². The summed E-state index contributed by atoms with van der Waals surface area (Å²) in [5.74, 6) is 1.28. The van der Waals surface area contributed by atoms with Gasteiger partial charge in [0.2, 0.25) is 5.91 Å². The van der Waals surface area contributed by atoms with Gasteiger partial charge in [-0.25, -0.2) is 0 Å². The van der Waals surface area contributed by atoms with E-state index in [2.05, 4.69) is 20.5 Å². The maximum atomic E-state index is 12.3. The zero-order valence-corrected chi connectivity index (χ0v) is 17.8. The number of thioether (sulfide) groups is 1. The van der Waals surface area contributed by atoms with Crippen molar-refractivity contribution in [1.82, 2.24) is 25.1 Å². The predicted octanol–water partition coefficient (Wildman–Crippen LogP) is 4.64. The molecule has 0 saturated carbocycles. The molecule has 7 nitrogen and oxygen atoms in total. The summed E-state index contributed by atoms with van der Waals surface area (Å²) in [5.41, 5.74) is 1.51. The molecular weight excluding hydrogens is 445 g/mol. The van der Waals surface area contributed by atoms with Crippen molar-refractivity contribution >= 4 is 40.9 Å². The molecule has 4 aromatic rings. The van der Waals surface area contributed by atoms with Crippen molar-refractivity contribution in [1.29, 1.82) is 0 Å². The summed E-state index contributed by atoms with van der Waals surface area (Å²) in [6.07, 6.45) is 4.95. The zero-order valence-electron chi connectivity index (χ0n) is 15.5. The molecule has 30 heavy (non-hydrogen) atoms. The number of pyridine rings is 1. The molecule has 1 N–H and O–H groups in total. The summed E-state index contributed by atoms with van der Waals surface area (Å²) >= 11 is 13.6. The minimum Gasteiger partial charge on any atom is -0.467 e. The summed E-state index contributed by atoms with van der Waals surface area (Å²) in [4.78, 5) is 16.4. The second kappa shape index (κ2) is 9.34. The van der Waals surface area contributed by atoms with Crippen LogP contribution in [-0.2, 0) is 11.3 Å². The Hall–Kier alpha value is -2.81. The lowest BCUT2D eigenvalue weighted by molar-refractivity contribution is -0.118. The van der Waals surface area contributed by atoms with E-state index in [0.717, 1.165) is 11.3 Å². The molecule has 0 aliphatic heterocycles. The SMILES string of the molecule is O=C(CSc1nnc(-c2cccnc2)n1-c1ccc(Cl)c(Cl)c1)NCc1ccco1. The second-order valence-corrected chi connectivity index (χ2v) is 7.88. The van der Waals surface area contributed by atoms with Gasteiger partial charge in [0.25, 0.3) is 0 Å². The number of carbonyl (C=O) groups excluding carboxylic acids is 1. The van der Waals surface area contributed by atoms with Crippen LogP contribution in [0.2, 0.25) is 10.0 Å². The largest absolute Gasteiger partial charge is 0.467 e. The first-order chi connectivity index (χ1) is 14.6. The molecule has 4 rings (SSSR count). The molecule has 0 spiro atoms. The van der Waals surface area contributed by atoms with Crippen molar-refractivity contribution in [3.63, 3.8) is 0 Å². The number of amides is 1. The Morgan fingerprint density at radius 2 is 2.03 bits per heavy atom. The lowest BCUT2D eigenvalue weighted by atomic mass is 10.2. The molecule has 152 valence electrons. The van der Waals surface area contributed by atoms with E-state index in [1.807, 2.05) is 22.8 Å². The Bertz CT molecular complexity index is 1150. The number of rotatable bonds is 7. The maximum absolute atomic E-state index is 12.3. The molecule has 0 radical (unpaired) electrons. The standard InChI is InChI=1S/C20H15Cl2N5O2S/c21-16-6-5-14(9-17(16)22)27-19(13-3-1-7-23-10-13)25-26-20(27)30-12-18(28)24-11-15-4-2-8-29-15/h1-10H,11-12H2,(H,24,28). The molecule has 1 aromatic carbocycles. The lowest BCUT2D eigenvalue weighted by Gasteiger charge is -2.11. The highest BCUT2D eigenvalue weighted by atomic mass is 35.5. The number of nitrogens with one attached hydrogen (secondary N) is 1. The molecule has 0 aliphatic carbocycles. The summed E-state index contributed by atoms with van der Waals surface area (Å²) in [6, 6.07) is 12.5. The van der Waals surface area contributed by atoms with Crippen LogP contribution in [0.15, 0.2) is 70.7 Å². The van der Waals surface area contributed by atoms with Crippen LogP contribution in [0.5, 0.6) is 0 Å². The minimum atomic E-state index is -0.150. The van der Waals surface area contributed by atoms with Gasteiger partial charge >= 0.3 is 0 Å². The van der Waals surface area contributed by atoms with Crippen LogP contribution in [-0.4, -0.2) is 31.4 Å². The summed E-state index contributed by atoms with van der Waals surface area (Å²) in [7, 11) is 0. The van der Waals surface area contributed by atoms with Gasteiger partial charge in [-0.2, -0.15) is 0 Å². The number of hydrogen-bond acceptors (Lipinski definition) is 6. The first-order valence-electron chi connectivity index (χ1n) is 8.85. The zero-order chi connectivity index (χ0) is 20.9. The summed E-state index contributed by atoms with van der Waals surface area (Å²) in [6.45, 7) is 0.326. The summed E-state index contributed by atoms with van der Waals surface area (Å²) < 4.78 is 7.04. The van der Waals surface area contributed by atoms with Crippen LogP contribution in [0.4, 0.5) is 0 Å². The van der Waals surface area contributed by atoms with Gasteiger partial charge in [-0.3, -0.25) is 14.3 Å². The fraction of sp³-hybridized carbons (Fsp3) is 0.100. The fourth-order valence-corrected chi connectivity index (χ4v) is 3.76. The molecule has 10 heteroatoms. The monoisotopic (exact) mass is 459 g/mol. The average Bonchev–Trinajstić information content (AvgIpc) is 3.43. The van der Waals surface area contributed by atoms with Crippen molar-refractivity contribution in [3.8, 4) is 17.1 Å². The Balaban J connectivity index is 1.58. The molecule has 0 aliphatic rings. The molecule has 0 bridgehead atoms. The van der Waals surface area contributed by atoms with E-state index < -0.39 is 0 Å². The molecule has 0 fully saturated rings. The maximum Gasteiger partial charge on any atom is 0.230 e. The van der Waals surface area contributed by atoms with E-state index in [1.54, 1.807) is 42.9 Å². The molecule has 1 amide bonds. The third kappa shape index (κ3) is 4.67. The van der Waals surface area contributed by atoms with Gasteiger partial charge in [-0.15, -0.1) is 10.2 Å². The highest BCUT2D eigenvalue weighted by molar-refractivity contribution is 7.99. The van der Waals surface area contributed by atoms with E-state index in [4.69, 9.17) is 27.6 Å². The number of furan rings is 1. The van der Waals surface area contributed by atoms with Crippen LogP contribution in [0, 0.1) is 0 Å². The Kier molecular flexibility index (Phi) is 6.37. The molecule has 0 saturated heterocycles. The van der Waals surface area contributed by atoms with Crippen LogP contribution in [0.3, 0.4) is 0 Å². The smallest absolute Gasteiger partial charge is 0.230 e. The van der Waals surface area contributed by atoms with Crippen molar-refractivity contribution in [3.05, 3.63) is 76.9 Å². The van der Waals surface area contributed by atoms with Crippen LogP contribution in [0.1, 0.15) is 5.76 Å². The molecule has 0 unspecified atom stereocenters. The van der Waals surface area contributed by atoms with Crippen molar-refractivity contribution < 1.29 is 9.21 Å². The van der Waals surface area contributed by atoms with Gasteiger partial charge in [-0.1, -0.05) is 35.0 Å². The number of benzene rings is 1. The van der Waals surface area contributed by atoms with Gasteiger partial charge < -0.3 is 9.73 Å². The van der Waals surface area contributed by atoms with Gasteiger partial charge in [0.1, 0.15) is 5.76 Å². The van der Waals surface area contributed by atoms with Crippen LogP contribution >= 0.6 is 35.0 Å². The Morgan fingerprint density at radius 3 is 2.77 bits per heavy atom. The second-order valence-electron chi connectivity index (χ2n) is 6.13. The normalized spacial score (nSPS) is 10.9.